The Hall–Kier alpha value is -4.55. The van der Waals surface area contributed by atoms with E-state index in [1.54, 1.807) is 6.07 Å². The van der Waals surface area contributed by atoms with Crippen molar-refractivity contribution in [1.82, 2.24) is 0 Å². The van der Waals surface area contributed by atoms with Crippen molar-refractivity contribution >= 4 is 59.3 Å². The highest BCUT2D eigenvalue weighted by molar-refractivity contribution is 8.24. The number of thioether (sulfide) groups is 2. The van der Waals surface area contributed by atoms with Crippen molar-refractivity contribution in [2.75, 3.05) is 26.4 Å². The third kappa shape index (κ3) is 12.0. The molecule has 0 unspecified atom stereocenters. The molecule has 1 aromatic carbocycles. The fourth-order valence-corrected chi connectivity index (χ4v) is 8.61. The van der Waals surface area contributed by atoms with Gasteiger partial charge in [0.25, 0.3) is 5.70 Å². The zero-order valence-electron chi connectivity index (χ0n) is 29.6. The first kappa shape index (κ1) is 41.2. The van der Waals surface area contributed by atoms with Gasteiger partial charge in [-0.15, -0.1) is 0 Å². The van der Waals surface area contributed by atoms with Crippen molar-refractivity contribution < 1.29 is 57.2 Å². The SMILES string of the molecule is [C-]#[N+]/C(C(=O)OCCOC(=O)C=C)=C1/Sc2c(C)ccc(OC(=O)C3CCC(OC(=O)C4CCC(C(=O)OCCCCOC(=O)C=C)CC4)CC3)c2S1. The highest BCUT2D eigenvalue weighted by atomic mass is 32.2. The smallest absolute Gasteiger partial charge is 0.338 e. The van der Waals surface area contributed by atoms with Gasteiger partial charge in [-0.25, -0.2) is 14.4 Å². The number of nitrogens with zero attached hydrogens (tertiary/aromatic N) is 1. The van der Waals surface area contributed by atoms with Gasteiger partial charge in [0.05, 0.1) is 46.7 Å². The first-order valence-corrected chi connectivity index (χ1v) is 19.1. The van der Waals surface area contributed by atoms with Crippen molar-refractivity contribution in [3.8, 4) is 5.75 Å². The van der Waals surface area contributed by atoms with Gasteiger partial charge < -0.3 is 28.4 Å². The zero-order valence-corrected chi connectivity index (χ0v) is 31.2. The maximum absolute atomic E-state index is 13.3. The maximum atomic E-state index is 13.3. The predicted molar refractivity (Wildman–Crippen MR) is 193 cm³/mol. The predicted octanol–water partition coefficient (Wildman–Crippen LogP) is 6.42. The number of benzene rings is 1. The fraction of sp³-hybridized carbons (Fsp3) is 0.500. The number of hydrogen-bond donors (Lipinski definition) is 0. The molecule has 0 N–H and O–H groups in total. The van der Waals surface area contributed by atoms with Crippen LogP contribution in [0.1, 0.15) is 69.8 Å². The number of ether oxygens (including phenoxy) is 6. The molecular formula is C38H43NO12S2. The lowest BCUT2D eigenvalue weighted by atomic mass is 9.82. The Morgan fingerprint density at radius 1 is 0.717 bits per heavy atom. The lowest BCUT2D eigenvalue weighted by molar-refractivity contribution is -0.160. The Kier molecular flexibility index (Phi) is 16.0. The van der Waals surface area contributed by atoms with E-state index < -0.39 is 23.9 Å². The molecule has 3 aliphatic rings. The lowest BCUT2D eigenvalue weighted by Gasteiger charge is -2.30. The Morgan fingerprint density at radius 2 is 1.25 bits per heavy atom. The molecule has 0 atom stereocenters. The van der Waals surface area contributed by atoms with Crippen LogP contribution in [0.4, 0.5) is 0 Å². The Morgan fingerprint density at radius 3 is 1.87 bits per heavy atom. The van der Waals surface area contributed by atoms with Gasteiger partial charge in [-0.3, -0.25) is 19.2 Å². The molecule has 0 saturated heterocycles. The van der Waals surface area contributed by atoms with Gasteiger partial charge in [0.2, 0.25) is 0 Å². The summed E-state index contributed by atoms with van der Waals surface area (Å²) in [5.41, 5.74) is 0.662. The summed E-state index contributed by atoms with van der Waals surface area (Å²) in [5.74, 6) is -3.53. The Labute approximate surface area is 317 Å². The van der Waals surface area contributed by atoms with Gasteiger partial charge in [0.15, 0.2) is 0 Å². The summed E-state index contributed by atoms with van der Waals surface area (Å²) >= 11 is 2.38. The topological polar surface area (TPSA) is 162 Å². The monoisotopic (exact) mass is 769 g/mol. The second kappa shape index (κ2) is 20.6. The quantitative estimate of drug-likeness (QED) is 0.0452. The van der Waals surface area contributed by atoms with Crippen LogP contribution < -0.4 is 4.74 Å². The number of rotatable bonds is 16. The molecule has 0 bridgehead atoms. The number of carbonyl (C=O) groups excluding carboxylic acids is 6. The van der Waals surface area contributed by atoms with Crippen molar-refractivity contribution in [1.29, 1.82) is 0 Å². The number of carbonyl (C=O) groups is 6. The summed E-state index contributed by atoms with van der Waals surface area (Å²) in [6, 6.07) is 3.50. The molecule has 15 heteroatoms. The van der Waals surface area contributed by atoms with E-state index in [4.69, 9.17) is 35.0 Å². The van der Waals surface area contributed by atoms with Gasteiger partial charge in [-0.1, -0.05) is 42.7 Å². The average molecular weight is 770 g/mol. The largest absolute Gasteiger partial charge is 0.467 e. The van der Waals surface area contributed by atoms with Crippen LogP contribution in [0.2, 0.25) is 0 Å². The van der Waals surface area contributed by atoms with Crippen LogP contribution in [0, 0.1) is 31.2 Å². The van der Waals surface area contributed by atoms with Crippen molar-refractivity contribution in [2.45, 2.75) is 87.0 Å². The van der Waals surface area contributed by atoms with Gasteiger partial charge in [-0.2, -0.15) is 0 Å². The first-order chi connectivity index (χ1) is 25.5. The molecule has 1 aliphatic heterocycles. The van der Waals surface area contributed by atoms with Crippen LogP contribution in [0.3, 0.4) is 0 Å². The normalized spacial score (nSPS) is 21.4. The molecule has 0 spiro atoms. The maximum Gasteiger partial charge on any atom is 0.338 e. The average Bonchev–Trinajstić information content (AvgIpc) is 3.62. The van der Waals surface area contributed by atoms with Gasteiger partial charge in [0.1, 0.15) is 25.1 Å². The van der Waals surface area contributed by atoms with E-state index in [1.807, 2.05) is 13.0 Å². The van der Waals surface area contributed by atoms with E-state index in [9.17, 15) is 28.8 Å². The fourth-order valence-electron chi connectivity index (χ4n) is 5.99. The highest BCUT2D eigenvalue weighted by Gasteiger charge is 2.36. The van der Waals surface area contributed by atoms with E-state index in [-0.39, 0.29) is 67.9 Å². The van der Waals surface area contributed by atoms with Crippen LogP contribution in [0.15, 0.2) is 57.2 Å². The minimum absolute atomic E-state index is 0.176. The van der Waals surface area contributed by atoms with Crippen LogP contribution in [-0.2, 0) is 52.5 Å². The molecule has 2 aliphatic carbocycles. The number of fused-ring (bicyclic) bond motifs is 1. The molecule has 2 saturated carbocycles. The molecule has 53 heavy (non-hydrogen) atoms. The number of aryl methyl sites for hydroxylation is 1. The van der Waals surface area contributed by atoms with E-state index in [2.05, 4.69) is 18.0 Å². The van der Waals surface area contributed by atoms with Crippen LogP contribution in [0.5, 0.6) is 5.75 Å². The molecule has 0 aromatic heterocycles. The zero-order chi connectivity index (χ0) is 38.3. The highest BCUT2D eigenvalue weighted by Crippen LogP contribution is 2.57. The van der Waals surface area contributed by atoms with E-state index in [0.29, 0.717) is 79.1 Å². The van der Waals surface area contributed by atoms with E-state index >= 15 is 0 Å². The van der Waals surface area contributed by atoms with Crippen molar-refractivity contribution in [3.63, 3.8) is 0 Å². The molecular weight excluding hydrogens is 727 g/mol. The van der Waals surface area contributed by atoms with Gasteiger partial charge in [0, 0.05) is 17.0 Å². The van der Waals surface area contributed by atoms with Crippen LogP contribution in [-0.4, -0.2) is 68.3 Å². The van der Waals surface area contributed by atoms with Crippen LogP contribution >= 0.6 is 23.5 Å². The molecule has 0 radical (unpaired) electrons. The number of esters is 6. The second-order valence-corrected chi connectivity index (χ2v) is 14.9. The summed E-state index contributed by atoms with van der Waals surface area (Å²) in [4.78, 5) is 78.4. The summed E-state index contributed by atoms with van der Waals surface area (Å²) in [6.07, 6.45) is 7.13. The standard InChI is InChI=1S/C38H43NO12S2/c1-5-29(40)46-19-7-8-20-48-34(42)24-10-12-25(13-11-24)35(43)50-27-16-14-26(15-17-27)36(44)51-28-18-9-23(3)32-33(28)53-38(52-32)31(39-4)37(45)49-22-21-47-30(41)6-2/h5-6,9,18,24-27H,1-2,7-8,10-17,19-22H2,3H3/b38-31-. The minimum Gasteiger partial charge on any atom is -0.467 e. The van der Waals surface area contributed by atoms with Crippen molar-refractivity contribution in [2.24, 2.45) is 17.8 Å². The summed E-state index contributed by atoms with van der Waals surface area (Å²) in [7, 11) is 0. The molecule has 1 heterocycles. The Bertz CT molecular complexity index is 1650. The molecule has 13 nitrogen and oxygen atoms in total. The first-order valence-electron chi connectivity index (χ1n) is 17.5. The molecule has 1 aromatic rings. The van der Waals surface area contributed by atoms with Crippen LogP contribution in [0.25, 0.3) is 4.85 Å². The molecule has 4 rings (SSSR count). The summed E-state index contributed by atoms with van der Waals surface area (Å²) in [6.45, 7) is 16.2. The summed E-state index contributed by atoms with van der Waals surface area (Å²) < 4.78 is 32.3. The molecule has 0 amide bonds. The second-order valence-electron chi connectivity index (χ2n) is 12.6. The Balaban J connectivity index is 1.19. The van der Waals surface area contributed by atoms with Gasteiger partial charge >= 0.3 is 35.8 Å². The van der Waals surface area contributed by atoms with Gasteiger partial charge in [-0.05, 0) is 82.8 Å². The van der Waals surface area contributed by atoms with E-state index in [1.165, 1.54) is 11.8 Å². The number of hydrogen-bond acceptors (Lipinski definition) is 14. The third-order valence-electron chi connectivity index (χ3n) is 8.98. The third-order valence-corrected chi connectivity index (χ3v) is 11.7. The van der Waals surface area contributed by atoms with E-state index in [0.717, 1.165) is 34.4 Å². The molecule has 284 valence electrons. The van der Waals surface area contributed by atoms with Crippen molar-refractivity contribution in [3.05, 3.63) is 64.4 Å². The summed E-state index contributed by atoms with van der Waals surface area (Å²) in [5, 5.41) is 0. The molecule has 2 fully saturated rings. The minimum atomic E-state index is -0.853. The number of unbranched alkanes of at least 4 members (excludes halogenated alkanes) is 1. The lowest BCUT2D eigenvalue weighted by Crippen LogP contribution is -2.33.